The van der Waals surface area contributed by atoms with Crippen molar-refractivity contribution in [2.75, 3.05) is 26.3 Å². The Morgan fingerprint density at radius 3 is 2.65 bits per heavy atom. The molecule has 0 aliphatic rings. The Balaban J connectivity index is 1.83. The molecule has 2 aromatic carbocycles. The quantitative estimate of drug-likeness (QED) is 0.699. The summed E-state index contributed by atoms with van der Waals surface area (Å²) in [6.07, 6.45) is 0. The Bertz CT molecular complexity index is 567. The van der Waals surface area contributed by atoms with Gasteiger partial charge in [-0.1, -0.05) is 36.4 Å². The van der Waals surface area contributed by atoms with Crippen molar-refractivity contribution in [3.63, 3.8) is 0 Å². The summed E-state index contributed by atoms with van der Waals surface area (Å²) in [4.78, 5) is 11.2. The number of carbonyl (C=O) groups is 1. The van der Waals surface area contributed by atoms with Gasteiger partial charge in [0.05, 0.1) is 13.2 Å². The third-order valence-corrected chi connectivity index (χ3v) is 2.79. The minimum absolute atomic E-state index is 0.0695. The van der Waals surface area contributed by atoms with Gasteiger partial charge in [0.2, 0.25) is 0 Å². The molecule has 0 atom stereocenters. The van der Waals surface area contributed by atoms with E-state index in [1.165, 1.54) is 0 Å². The summed E-state index contributed by atoms with van der Waals surface area (Å²) in [6, 6.07) is 13.6. The fraction of sp³-hybridized carbons (Fsp3) is 0.267. The lowest BCUT2D eigenvalue weighted by Gasteiger charge is -2.10. The smallest absolute Gasteiger partial charge is 0.314 e. The minimum Gasteiger partial charge on any atom is -0.491 e. The summed E-state index contributed by atoms with van der Waals surface area (Å²) in [7, 11) is 0. The number of benzene rings is 2. The van der Waals surface area contributed by atoms with Crippen LogP contribution in [0.3, 0.4) is 0 Å². The lowest BCUT2D eigenvalue weighted by Crippen LogP contribution is -2.38. The molecule has 0 unspecified atom stereocenters. The number of rotatable bonds is 6. The van der Waals surface area contributed by atoms with E-state index in [4.69, 9.17) is 9.84 Å². The Labute approximate surface area is 117 Å². The van der Waals surface area contributed by atoms with Crippen LogP contribution in [0, 0.1) is 0 Å². The topological polar surface area (TPSA) is 70.6 Å². The van der Waals surface area contributed by atoms with Crippen molar-refractivity contribution in [2.24, 2.45) is 0 Å². The maximum atomic E-state index is 11.2. The predicted molar refractivity (Wildman–Crippen MR) is 77.9 cm³/mol. The molecule has 0 spiro atoms. The van der Waals surface area contributed by atoms with Crippen LogP contribution in [-0.4, -0.2) is 37.4 Å². The van der Waals surface area contributed by atoms with E-state index in [1.54, 1.807) is 0 Å². The van der Waals surface area contributed by atoms with Gasteiger partial charge in [-0.3, -0.25) is 0 Å². The molecule has 0 fully saturated rings. The Morgan fingerprint density at radius 1 is 1.05 bits per heavy atom. The van der Waals surface area contributed by atoms with E-state index >= 15 is 0 Å². The predicted octanol–water partition coefficient (Wildman–Crippen LogP) is 1.51. The first-order valence-corrected chi connectivity index (χ1v) is 6.54. The van der Waals surface area contributed by atoms with Gasteiger partial charge in [0.15, 0.2) is 0 Å². The number of urea groups is 1. The molecule has 0 bridgehead atoms. The zero-order valence-corrected chi connectivity index (χ0v) is 11.1. The second kappa shape index (κ2) is 7.35. The maximum Gasteiger partial charge on any atom is 0.314 e. The van der Waals surface area contributed by atoms with Crippen LogP contribution < -0.4 is 15.4 Å². The monoisotopic (exact) mass is 274 g/mol. The Morgan fingerprint density at radius 2 is 1.80 bits per heavy atom. The number of aliphatic hydroxyl groups is 1. The number of carbonyl (C=O) groups excluding carboxylic acids is 1. The summed E-state index contributed by atoms with van der Waals surface area (Å²) >= 11 is 0. The zero-order valence-electron chi connectivity index (χ0n) is 11.1. The fourth-order valence-electron chi connectivity index (χ4n) is 1.88. The van der Waals surface area contributed by atoms with E-state index in [0.29, 0.717) is 13.2 Å². The number of aliphatic hydroxyl groups excluding tert-OH is 1. The SMILES string of the molecule is O=C(NCCO)NCCOc1cccc2ccccc12. The van der Waals surface area contributed by atoms with E-state index in [1.807, 2.05) is 42.5 Å². The van der Waals surface area contributed by atoms with Crippen LogP contribution >= 0.6 is 0 Å². The van der Waals surface area contributed by atoms with Gasteiger partial charge in [0.25, 0.3) is 0 Å². The van der Waals surface area contributed by atoms with Crippen molar-refractivity contribution in [3.8, 4) is 5.75 Å². The lowest BCUT2D eigenvalue weighted by atomic mass is 10.1. The molecular weight excluding hydrogens is 256 g/mol. The molecular formula is C15H18N2O3. The van der Waals surface area contributed by atoms with E-state index < -0.39 is 0 Å². The molecule has 0 aromatic heterocycles. The maximum absolute atomic E-state index is 11.2. The third-order valence-electron chi connectivity index (χ3n) is 2.79. The van der Waals surface area contributed by atoms with E-state index in [2.05, 4.69) is 10.6 Å². The third kappa shape index (κ3) is 3.86. The molecule has 2 amide bonds. The van der Waals surface area contributed by atoms with Crippen molar-refractivity contribution in [1.29, 1.82) is 0 Å². The summed E-state index contributed by atoms with van der Waals surface area (Å²) in [6.45, 7) is 0.969. The number of hydrogen-bond donors (Lipinski definition) is 3. The summed E-state index contributed by atoms with van der Waals surface area (Å²) in [5.74, 6) is 0.806. The van der Waals surface area contributed by atoms with E-state index in [0.717, 1.165) is 16.5 Å². The highest BCUT2D eigenvalue weighted by molar-refractivity contribution is 5.88. The minimum atomic E-state index is -0.305. The number of amides is 2. The van der Waals surface area contributed by atoms with Crippen molar-refractivity contribution in [2.45, 2.75) is 0 Å². The van der Waals surface area contributed by atoms with Crippen LogP contribution in [0.15, 0.2) is 42.5 Å². The highest BCUT2D eigenvalue weighted by Gasteiger charge is 2.02. The number of hydrogen-bond acceptors (Lipinski definition) is 3. The first kappa shape index (κ1) is 14.1. The van der Waals surface area contributed by atoms with Gasteiger partial charge in [-0.25, -0.2) is 4.79 Å². The number of ether oxygens (including phenoxy) is 1. The molecule has 20 heavy (non-hydrogen) atoms. The lowest BCUT2D eigenvalue weighted by molar-refractivity contribution is 0.230. The molecule has 0 saturated heterocycles. The number of nitrogens with one attached hydrogen (secondary N) is 2. The van der Waals surface area contributed by atoms with Crippen molar-refractivity contribution < 1.29 is 14.6 Å². The van der Waals surface area contributed by atoms with Crippen LogP contribution in [-0.2, 0) is 0 Å². The van der Waals surface area contributed by atoms with Crippen molar-refractivity contribution >= 4 is 16.8 Å². The molecule has 3 N–H and O–H groups in total. The van der Waals surface area contributed by atoms with Crippen LogP contribution in [0.2, 0.25) is 0 Å². The molecule has 0 saturated carbocycles. The summed E-state index contributed by atoms with van der Waals surface area (Å²) in [5, 5.41) is 15.9. The largest absolute Gasteiger partial charge is 0.491 e. The van der Waals surface area contributed by atoms with Crippen molar-refractivity contribution in [1.82, 2.24) is 10.6 Å². The van der Waals surface area contributed by atoms with Gasteiger partial charge < -0.3 is 20.5 Å². The van der Waals surface area contributed by atoms with Gasteiger partial charge >= 0.3 is 6.03 Å². The van der Waals surface area contributed by atoms with Crippen LogP contribution in [0.1, 0.15) is 0 Å². The average Bonchev–Trinajstić information content (AvgIpc) is 2.49. The molecule has 2 rings (SSSR count). The standard InChI is InChI=1S/C15H18N2O3/c18-10-8-16-15(19)17-9-11-20-14-7-3-5-12-4-1-2-6-13(12)14/h1-7,18H,8-11H2,(H2,16,17,19). The second-order valence-electron chi connectivity index (χ2n) is 4.23. The van der Waals surface area contributed by atoms with Gasteiger partial charge in [0, 0.05) is 11.9 Å². The first-order chi connectivity index (χ1) is 9.81. The molecule has 106 valence electrons. The fourth-order valence-corrected chi connectivity index (χ4v) is 1.88. The van der Waals surface area contributed by atoms with Crippen LogP contribution in [0.25, 0.3) is 10.8 Å². The van der Waals surface area contributed by atoms with Gasteiger partial charge in [0.1, 0.15) is 12.4 Å². The highest BCUT2D eigenvalue weighted by atomic mass is 16.5. The van der Waals surface area contributed by atoms with Crippen LogP contribution in [0.4, 0.5) is 4.79 Å². The first-order valence-electron chi connectivity index (χ1n) is 6.54. The summed E-state index contributed by atoms with van der Waals surface area (Å²) in [5.41, 5.74) is 0. The highest BCUT2D eigenvalue weighted by Crippen LogP contribution is 2.24. The summed E-state index contributed by atoms with van der Waals surface area (Å²) < 4.78 is 5.68. The second-order valence-corrected chi connectivity index (χ2v) is 4.23. The molecule has 0 aliphatic heterocycles. The van der Waals surface area contributed by atoms with Gasteiger partial charge in [-0.2, -0.15) is 0 Å². The molecule has 5 heteroatoms. The molecule has 0 radical (unpaired) electrons. The molecule has 0 aliphatic carbocycles. The molecule has 5 nitrogen and oxygen atoms in total. The van der Waals surface area contributed by atoms with Crippen LogP contribution in [0.5, 0.6) is 5.75 Å². The normalized spacial score (nSPS) is 10.2. The molecule has 2 aromatic rings. The van der Waals surface area contributed by atoms with Gasteiger partial charge in [-0.05, 0) is 11.5 Å². The van der Waals surface area contributed by atoms with Gasteiger partial charge in [-0.15, -0.1) is 0 Å². The zero-order chi connectivity index (χ0) is 14.2. The number of fused-ring (bicyclic) bond motifs is 1. The Hall–Kier alpha value is -2.27. The Kier molecular flexibility index (Phi) is 5.20. The van der Waals surface area contributed by atoms with E-state index in [9.17, 15) is 4.79 Å². The van der Waals surface area contributed by atoms with Crippen molar-refractivity contribution in [3.05, 3.63) is 42.5 Å². The van der Waals surface area contributed by atoms with E-state index in [-0.39, 0.29) is 19.2 Å². The average molecular weight is 274 g/mol. The molecule has 0 heterocycles.